The number of imidazole rings is 1. The van der Waals surface area contributed by atoms with Crippen LogP contribution in [0.1, 0.15) is 22.3 Å². The lowest BCUT2D eigenvalue weighted by atomic mass is 9.94. The molecule has 0 atom stereocenters. The van der Waals surface area contributed by atoms with Gasteiger partial charge >= 0.3 is 0 Å². The van der Waals surface area contributed by atoms with E-state index in [1.54, 1.807) is 0 Å². The third-order valence-corrected chi connectivity index (χ3v) is 7.95. The van der Waals surface area contributed by atoms with Gasteiger partial charge in [-0.15, -0.1) is 0 Å². The highest BCUT2D eigenvalue weighted by Gasteiger charge is 2.30. The highest BCUT2D eigenvalue weighted by atomic mass is 15.0. The van der Waals surface area contributed by atoms with Gasteiger partial charge in [0.25, 0.3) is 0 Å². The van der Waals surface area contributed by atoms with Crippen molar-refractivity contribution in [2.24, 2.45) is 0 Å². The van der Waals surface area contributed by atoms with Crippen molar-refractivity contribution in [3.05, 3.63) is 108 Å². The first kappa shape index (κ1) is 17.8. The Kier molecular flexibility index (Phi) is 3.11. The molecule has 0 saturated carbocycles. The summed E-state index contributed by atoms with van der Waals surface area (Å²) in [7, 11) is 0. The summed E-state index contributed by atoms with van der Waals surface area (Å²) in [6.07, 6.45) is 7.61. The lowest BCUT2D eigenvalue weighted by Gasteiger charge is -2.11. The zero-order valence-electron chi connectivity index (χ0n) is 18.8. The summed E-state index contributed by atoms with van der Waals surface area (Å²) in [5.41, 5.74) is 16.3. The SMILES string of the molecule is c1ccc2c(c1)Cc1ccc3c(c1-2)-c1ccc2nc4c5ncccc5c5cnccc5n4c2c1C3. The third kappa shape index (κ3) is 2.11. The predicted octanol–water partition coefficient (Wildman–Crippen LogP) is 6.73. The van der Waals surface area contributed by atoms with Gasteiger partial charge < -0.3 is 0 Å². The molecule has 2 aliphatic rings. The molecule has 4 nitrogen and oxygen atoms in total. The van der Waals surface area contributed by atoms with Crippen molar-refractivity contribution in [3.63, 3.8) is 0 Å². The number of rotatable bonds is 0. The van der Waals surface area contributed by atoms with Crippen LogP contribution in [0.25, 0.3) is 60.7 Å². The predicted molar refractivity (Wildman–Crippen MR) is 140 cm³/mol. The molecule has 4 aromatic heterocycles. The van der Waals surface area contributed by atoms with E-state index in [0.717, 1.165) is 45.8 Å². The van der Waals surface area contributed by atoms with E-state index in [2.05, 4.69) is 70.0 Å². The van der Waals surface area contributed by atoms with Crippen LogP contribution in [0.5, 0.6) is 0 Å². The fraction of sp³-hybridized carbons (Fsp3) is 0.0645. The Hall–Kier alpha value is -4.57. The van der Waals surface area contributed by atoms with Crippen LogP contribution in [0.15, 0.2) is 85.3 Å². The van der Waals surface area contributed by atoms with E-state index in [1.165, 1.54) is 50.0 Å². The van der Waals surface area contributed by atoms with Crippen molar-refractivity contribution in [1.82, 2.24) is 19.4 Å². The molecule has 4 heterocycles. The summed E-state index contributed by atoms with van der Waals surface area (Å²) < 4.78 is 2.32. The first-order chi connectivity index (χ1) is 17.4. The highest BCUT2D eigenvalue weighted by Crippen LogP contribution is 2.50. The van der Waals surface area contributed by atoms with Gasteiger partial charge in [0.2, 0.25) is 0 Å². The van der Waals surface area contributed by atoms with Crippen LogP contribution in [0, 0.1) is 0 Å². The summed E-state index contributed by atoms with van der Waals surface area (Å²) in [6.45, 7) is 0. The number of benzene rings is 3. The van der Waals surface area contributed by atoms with Crippen LogP contribution in [-0.4, -0.2) is 19.4 Å². The normalized spacial score (nSPS) is 13.5. The van der Waals surface area contributed by atoms with Crippen LogP contribution in [0.2, 0.25) is 0 Å². The van der Waals surface area contributed by atoms with E-state index in [9.17, 15) is 0 Å². The first-order valence-corrected chi connectivity index (χ1v) is 12.0. The molecular formula is C31H18N4. The van der Waals surface area contributed by atoms with Gasteiger partial charge in [0.05, 0.1) is 16.6 Å². The molecule has 9 rings (SSSR count). The average Bonchev–Trinajstić information content (AvgIpc) is 3.59. The number of pyridine rings is 3. The van der Waals surface area contributed by atoms with Gasteiger partial charge in [-0.2, -0.15) is 0 Å². The van der Waals surface area contributed by atoms with Gasteiger partial charge in [0.1, 0.15) is 5.52 Å². The fourth-order valence-electron chi connectivity index (χ4n) is 6.54. The number of hydrogen-bond acceptors (Lipinski definition) is 3. The average molecular weight is 447 g/mol. The fourth-order valence-corrected chi connectivity index (χ4v) is 6.54. The van der Waals surface area contributed by atoms with Crippen molar-refractivity contribution >= 4 is 38.5 Å². The maximum atomic E-state index is 5.12. The molecule has 35 heavy (non-hydrogen) atoms. The topological polar surface area (TPSA) is 43.1 Å². The molecule has 162 valence electrons. The van der Waals surface area contributed by atoms with Gasteiger partial charge in [-0.1, -0.05) is 48.5 Å². The smallest absolute Gasteiger partial charge is 0.165 e. The second kappa shape index (κ2) is 6.10. The van der Waals surface area contributed by atoms with Crippen LogP contribution < -0.4 is 0 Å². The van der Waals surface area contributed by atoms with Crippen molar-refractivity contribution in [2.45, 2.75) is 12.8 Å². The quantitative estimate of drug-likeness (QED) is 0.243. The molecule has 0 spiro atoms. The standard InChI is InChI=1S/C31H18N4/c1-2-5-20-17(4-1)14-18-7-8-19-15-23-21(28(19)27(18)20)9-10-25-30(23)35-26-11-13-32-16-24(26)22-6-3-12-33-29(22)31(35)34-25/h1-13,16H,14-15H2. The van der Waals surface area contributed by atoms with Crippen molar-refractivity contribution < 1.29 is 0 Å². The summed E-state index contributed by atoms with van der Waals surface area (Å²) in [6, 6.07) is 24.2. The van der Waals surface area contributed by atoms with Gasteiger partial charge in [0.15, 0.2) is 5.65 Å². The van der Waals surface area contributed by atoms with Gasteiger partial charge in [0, 0.05) is 35.8 Å². The minimum atomic E-state index is 0.911. The zero-order chi connectivity index (χ0) is 22.7. The Morgan fingerprint density at radius 2 is 1.57 bits per heavy atom. The van der Waals surface area contributed by atoms with Crippen LogP contribution in [-0.2, 0) is 12.8 Å². The Balaban J connectivity index is 1.45. The zero-order valence-corrected chi connectivity index (χ0v) is 18.8. The highest BCUT2D eigenvalue weighted by molar-refractivity contribution is 6.13. The monoisotopic (exact) mass is 446 g/mol. The summed E-state index contributed by atoms with van der Waals surface area (Å²) in [5, 5.41) is 2.19. The number of hydrogen-bond donors (Lipinski definition) is 0. The van der Waals surface area contributed by atoms with E-state index in [1.807, 2.05) is 24.7 Å². The van der Waals surface area contributed by atoms with Crippen molar-refractivity contribution in [3.8, 4) is 22.3 Å². The molecule has 0 bridgehead atoms. The van der Waals surface area contributed by atoms with E-state index < -0.39 is 0 Å². The van der Waals surface area contributed by atoms with E-state index >= 15 is 0 Å². The van der Waals surface area contributed by atoms with E-state index in [4.69, 9.17) is 9.97 Å². The lowest BCUT2D eigenvalue weighted by Crippen LogP contribution is -1.95. The molecule has 2 aliphatic carbocycles. The molecular weight excluding hydrogens is 428 g/mol. The summed E-state index contributed by atoms with van der Waals surface area (Å²) in [5.74, 6) is 0. The molecule has 0 amide bonds. The summed E-state index contributed by atoms with van der Waals surface area (Å²) >= 11 is 0. The Morgan fingerprint density at radius 1 is 0.686 bits per heavy atom. The molecule has 0 unspecified atom stereocenters. The second-order valence-corrected chi connectivity index (χ2v) is 9.67. The molecule has 7 aromatic rings. The molecule has 3 aromatic carbocycles. The van der Waals surface area contributed by atoms with Crippen molar-refractivity contribution in [1.29, 1.82) is 0 Å². The number of nitrogens with zero attached hydrogens (tertiary/aromatic N) is 4. The molecule has 0 radical (unpaired) electrons. The Bertz CT molecular complexity index is 2070. The van der Waals surface area contributed by atoms with Gasteiger partial charge in [-0.05, 0) is 69.1 Å². The molecule has 0 fully saturated rings. The second-order valence-electron chi connectivity index (χ2n) is 9.67. The van der Waals surface area contributed by atoms with E-state index in [0.29, 0.717) is 0 Å². The maximum absolute atomic E-state index is 5.12. The Labute approximate surface area is 200 Å². The molecule has 0 saturated heterocycles. The lowest BCUT2D eigenvalue weighted by molar-refractivity contribution is 1.22. The van der Waals surface area contributed by atoms with Crippen LogP contribution >= 0.6 is 0 Å². The number of fused-ring (bicyclic) bond motifs is 16. The van der Waals surface area contributed by atoms with Crippen molar-refractivity contribution in [2.75, 3.05) is 0 Å². The maximum Gasteiger partial charge on any atom is 0.165 e. The van der Waals surface area contributed by atoms with Gasteiger partial charge in [-0.3, -0.25) is 14.4 Å². The van der Waals surface area contributed by atoms with Crippen LogP contribution in [0.3, 0.4) is 0 Å². The van der Waals surface area contributed by atoms with E-state index in [-0.39, 0.29) is 0 Å². The first-order valence-electron chi connectivity index (χ1n) is 12.0. The largest absolute Gasteiger partial charge is 0.290 e. The molecule has 0 N–H and O–H groups in total. The Morgan fingerprint density at radius 3 is 2.54 bits per heavy atom. The van der Waals surface area contributed by atoms with Crippen LogP contribution in [0.4, 0.5) is 0 Å². The summed E-state index contributed by atoms with van der Waals surface area (Å²) in [4.78, 5) is 14.3. The number of aromatic nitrogens is 4. The molecule has 4 heteroatoms. The third-order valence-electron chi connectivity index (χ3n) is 7.95. The minimum absolute atomic E-state index is 0.911. The van der Waals surface area contributed by atoms with Gasteiger partial charge in [-0.25, -0.2) is 4.98 Å². The molecule has 0 aliphatic heterocycles. The minimum Gasteiger partial charge on any atom is -0.290 e.